The van der Waals surface area contributed by atoms with Crippen molar-refractivity contribution < 1.29 is 9.59 Å². The van der Waals surface area contributed by atoms with Crippen LogP contribution in [0.5, 0.6) is 0 Å². The fourth-order valence-corrected chi connectivity index (χ4v) is 3.44. The van der Waals surface area contributed by atoms with E-state index in [1.807, 2.05) is 25.1 Å². The third-order valence-corrected chi connectivity index (χ3v) is 4.77. The Balaban J connectivity index is 1.48. The second-order valence-electron chi connectivity index (χ2n) is 5.85. The van der Waals surface area contributed by atoms with Crippen LogP contribution < -0.4 is 10.6 Å². The molecule has 1 aromatic carbocycles. The lowest BCUT2D eigenvalue weighted by Gasteiger charge is -2.11. The lowest BCUT2D eigenvalue weighted by Crippen LogP contribution is -2.44. The number of aromatic amines is 1. The minimum Gasteiger partial charge on any atom is -0.335 e. The number of urea groups is 1. The van der Waals surface area contributed by atoms with Gasteiger partial charge in [-0.3, -0.25) is 10.1 Å². The Labute approximate surface area is 138 Å². The number of hydrogen-bond acceptors (Lipinski definition) is 4. The number of carbonyl (C=O) groups excluding carboxylic acids is 2. The molecular weight excluding hydrogens is 312 g/mol. The zero-order valence-electron chi connectivity index (χ0n) is 13.0. The number of imidazole rings is 1. The van der Waals surface area contributed by atoms with Crippen LogP contribution in [-0.2, 0) is 4.79 Å². The number of thioether (sulfide) groups is 1. The highest BCUT2D eigenvalue weighted by atomic mass is 32.2. The second kappa shape index (κ2) is 7.04. The number of carbonyl (C=O) groups is 2. The van der Waals surface area contributed by atoms with Crippen molar-refractivity contribution in [2.24, 2.45) is 0 Å². The Morgan fingerprint density at radius 1 is 1.35 bits per heavy atom. The summed E-state index contributed by atoms with van der Waals surface area (Å²) >= 11 is 1.29. The van der Waals surface area contributed by atoms with E-state index >= 15 is 0 Å². The maximum absolute atomic E-state index is 11.8. The van der Waals surface area contributed by atoms with E-state index in [1.54, 1.807) is 0 Å². The molecule has 122 valence electrons. The van der Waals surface area contributed by atoms with E-state index in [4.69, 9.17) is 0 Å². The summed E-state index contributed by atoms with van der Waals surface area (Å²) in [5.41, 5.74) is 2.98. The number of rotatable bonds is 4. The normalized spacial score (nSPS) is 15.0. The zero-order chi connectivity index (χ0) is 16.2. The maximum atomic E-state index is 11.8. The highest BCUT2D eigenvalue weighted by Gasteiger charge is 2.18. The minimum atomic E-state index is -0.400. The van der Waals surface area contributed by atoms with Crippen molar-refractivity contribution in [2.45, 2.75) is 43.8 Å². The number of fused-ring (bicyclic) bond motifs is 1. The summed E-state index contributed by atoms with van der Waals surface area (Å²) in [7, 11) is 0. The molecule has 0 saturated heterocycles. The summed E-state index contributed by atoms with van der Waals surface area (Å²) in [5.74, 6) is -0.168. The predicted molar refractivity (Wildman–Crippen MR) is 90.5 cm³/mol. The van der Waals surface area contributed by atoms with Crippen LogP contribution >= 0.6 is 11.8 Å². The van der Waals surface area contributed by atoms with Crippen molar-refractivity contribution in [2.75, 3.05) is 5.75 Å². The molecule has 1 fully saturated rings. The largest absolute Gasteiger partial charge is 0.335 e. The molecule has 7 heteroatoms. The van der Waals surface area contributed by atoms with Gasteiger partial charge in [0.15, 0.2) is 5.16 Å². The number of H-pyrrole nitrogens is 1. The first kappa shape index (κ1) is 15.9. The summed E-state index contributed by atoms with van der Waals surface area (Å²) in [6.07, 6.45) is 4.27. The van der Waals surface area contributed by atoms with Gasteiger partial charge < -0.3 is 10.3 Å². The number of imide groups is 1. The van der Waals surface area contributed by atoms with Crippen molar-refractivity contribution in [3.05, 3.63) is 23.8 Å². The van der Waals surface area contributed by atoms with Crippen molar-refractivity contribution in [1.82, 2.24) is 20.6 Å². The molecule has 0 atom stereocenters. The maximum Gasteiger partial charge on any atom is 0.321 e. The third-order valence-electron chi connectivity index (χ3n) is 3.90. The molecule has 3 rings (SSSR count). The van der Waals surface area contributed by atoms with E-state index in [9.17, 15) is 9.59 Å². The van der Waals surface area contributed by atoms with Gasteiger partial charge in [-0.05, 0) is 37.5 Å². The van der Waals surface area contributed by atoms with E-state index in [2.05, 4.69) is 20.6 Å². The molecule has 2 aromatic rings. The molecule has 6 nitrogen and oxygen atoms in total. The molecule has 0 aliphatic heterocycles. The highest BCUT2D eigenvalue weighted by molar-refractivity contribution is 7.99. The second-order valence-corrected chi connectivity index (χ2v) is 6.82. The first-order valence-electron chi connectivity index (χ1n) is 7.80. The quantitative estimate of drug-likeness (QED) is 0.751. The molecular formula is C16H20N4O2S. The fourth-order valence-electron chi connectivity index (χ4n) is 2.76. The molecule has 1 aliphatic rings. The van der Waals surface area contributed by atoms with Crippen LogP contribution in [0, 0.1) is 6.92 Å². The first-order valence-corrected chi connectivity index (χ1v) is 8.78. The fraction of sp³-hybridized carbons (Fsp3) is 0.438. The Bertz CT molecular complexity index is 722. The van der Waals surface area contributed by atoms with Gasteiger partial charge >= 0.3 is 6.03 Å². The van der Waals surface area contributed by atoms with Crippen molar-refractivity contribution in [3.8, 4) is 0 Å². The first-order chi connectivity index (χ1) is 11.1. The van der Waals surface area contributed by atoms with Gasteiger partial charge in [-0.15, -0.1) is 0 Å². The van der Waals surface area contributed by atoms with E-state index < -0.39 is 6.03 Å². The number of aryl methyl sites for hydroxylation is 1. The summed E-state index contributed by atoms with van der Waals surface area (Å²) in [5, 5.41) is 5.88. The van der Waals surface area contributed by atoms with Crippen molar-refractivity contribution >= 4 is 34.7 Å². The Hall–Kier alpha value is -2.02. The molecule has 0 unspecified atom stereocenters. The standard InChI is InChI=1S/C16H20N4O2S/c1-10-6-7-12-13(8-10)19-16(18-12)23-9-14(21)20-15(22)17-11-4-2-3-5-11/h6-8,11H,2-5,9H2,1H3,(H,18,19)(H2,17,20,21,22). The summed E-state index contributed by atoms with van der Waals surface area (Å²) < 4.78 is 0. The van der Waals surface area contributed by atoms with Gasteiger partial charge in [0.2, 0.25) is 5.91 Å². The number of hydrogen-bond donors (Lipinski definition) is 3. The van der Waals surface area contributed by atoms with Gasteiger partial charge in [0.05, 0.1) is 16.8 Å². The molecule has 1 saturated carbocycles. The molecule has 1 aromatic heterocycles. The van der Waals surface area contributed by atoms with Crippen LogP contribution in [0.3, 0.4) is 0 Å². The van der Waals surface area contributed by atoms with Gasteiger partial charge in [0.1, 0.15) is 0 Å². The Morgan fingerprint density at radius 2 is 2.13 bits per heavy atom. The summed E-state index contributed by atoms with van der Waals surface area (Å²) in [4.78, 5) is 31.1. The summed E-state index contributed by atoms with van der Waals surface area (Å²) in [6, 6.07) is 5.76. The van der Waals surface area contributed by atoms with Crippen LogP contribution in [0.25, 0.3) is 11.0 Å². The smallest absolute Gasteiger partial charge is 0.321 e. The minimum absolute atomic E-state index is 0.150. The monoisotopic (exact) mass is 332 g/mol. The highest BCUT2D eigenvalue weighted by Crippen LogP contribution is 2.20. The van der Waals surface area contributed by atoms with Gasteiger partial charge in [-0.25, -0.2) is 9.78 Å². The number of amides is 3. The van der Waals surface area contributed by atoms with Crippen LogP contribution in [0.4, 0.5) is 4.79 Å². The number of aromatic nitrogens is 2. The van der Waals surface area contributed by atoms with Gasteiger partial charge in [0, 0.05) is 6.04 Å². The van der Waals surface area contributed by atoms with Gasteiger partial charge in [-0.1, -0.05) is 30.7 Å². The lowest BCUT2D eigenvalue weighted by atomic mass is 10.2. The van der Waals surface area contributed by atoms with E-state index in [1.165, 1.54) is 11.8 Å². The Kier molecular flexibility index (Phi) is 4.85. The molecule has 23 heavy (non-hydrogen) atoms. The van der Waals surface area contributed by atoms with Crippen LogP contribution in [0.2, 0.25) is 0 Å². The third kappa shape index (κ3) is 4.25. The van der Waals surface area contributed by atoms with Crippen molar-refractivity contribution in [1.29, 1.82) is 0 Å². The van der Waals surface area contributed by atoms with Crippen molar-refractivity contribution in [3.63, 3.8) is 0 Å². The lowest BCUT2D eigenvalue weighted by molar-refractivity contribution is -0.117. The van der Waals surface area contributed by atoms with Crippen LogP contribution in [-0.4, -0.2) is 33.7 Å². The van der Waals surface area contributed by atoms with E-state index in [-0.39, 0.29) is 17.7 Å². The SMILES string of the molecule is Cc1ccc2nc(SCC(=O)NC(=O)NC3CCCC3)[nH]c2c1. The number of nitrogens with zero attached hydrogens (tertiary/aromatic N) is 1. The molecule has 0 radical (unpaired) electrons. The van der Waals surface area contributed by atoms with Gasteiger partial charge in [-0.2, -0.15) is 0 Å². The average molecular weight is 332 g/mol. The Morgan fingerprint density at radius 3 is 2.91 bits per heavy atom. The zero-order valence-corrected chi connectivity index (χ0v) is 13.8. The van der Waals surface area contributed by atoms with Gasteiger partial charge in [0.25, 0.3) is 0 Å². The topological polar surface area (TPSA) is 86.9 Å². The molecule has 3 amide bonds. The number of nitrogens with one attached hydrogen (secondary N) is 3. The molecule has 0 spiro atoms. The molecule has 3 N–H and O–H groups in total. The number of benzene rings is 1. The average Bonchev–Trinajstić information content (AvgIpc) is 3.13. The van der Waals surface area contributed by atoms with E-state index in [0.29, 0.717) is 5.16 Å². The molecule has 1 aliphatic carbocycles. The summed E-state index contributed by atoms with van der Waals surface area (Å²) in [6.45, 7) is 2.02. The van der Waals surface area contributed by atoms with Crippen LogP contribution in [0.1, 0.15) is 31.2 Å². The molecule has 1 heterocycles. The van der Waals surface area contributed by atoms with E-state index in [0.717, 1.165) is 42.3 Å². The molecule has 0 bridgehead atoms. The predicted octanol–water partition coefficient (Wildman–Crippen LogP) is 2.73. The van der Waals surface area contributed by atoms with Crippen LogP contribution in [0.15, 0.2) is 23.4 Å².